The highest BCUT2D eigenvalue weighted by molar-refractivity contribution is 9.10. The number of benzene rings is 4. The van der Waals surface area contributed by atoms with Gasteiger partial charge in [0.15, 0.2) is 0 Å². The maximum absolute atomic E-state index is 8.78. The van der Waals surface area contributed by atoms with Crippen LogP contribution in [0, 0.1) is 0 Å². The molecule has 124 valence electrons. The molecule has 1 aromatic heterocycles. The molecule has 0 aliphatic heterocycles. The molecule has 0 unspecified atom stereocenters. The van der Waals surface area contributed by atoms with Gasteiger partial charge in [0.25, 0.3) is 0 Å². The molecule has 0 spiro atoms. The molecule has 0 saturated carbocycles. The maximum Gasteiger partial charge on any atom is 0.0682 e. The predicted molar refractivity (Wildman–Crippen MR) is 114 cm³/mol. The van der Waals surface area contributed by atoms with Crippen molar-refractivity contribution in [1.29, 1.82) is 0 Å². The van der Waals surface area contributed by atoms with E-state index in [0.29, 0.717) is 0 Å². The Morgan fingerprint density at radius 1 is 0.615 bits per heavy atom. The first-order chi connectivity index (χ1) is 19.5. The molecule has 0 aliphatic carbocycles. The Kier molecular flexibility index (Phi) is 1.44. The minimum Gasteiger partial charge on any atom is -0.307 e. The van der Waals surface area contributed by atoms with E-state index in [1.165, 1.54) is 0 Å². The number of rotatable bonds is 2. The third-order valence-electron chi connectivity index (χ3n) is 3.81. The molecule has 0 bridgehead atoms. The second kappa shape index (κ2) is 6.15. The van der Waals surface area contributed by atoms with Crippen molar-refractivity contribution in [3.8, 4) is 16.8 Å². The zero-order valence-corrected chi connectivity index (χ0v) is 14.4. The fraction of sp³-hybridized carbons (Fsp3) is 0. The van der Waals surface area contributed by atoms with Crippen molar-refractivity contribution in [1.82, 2.24) is 4.57 Å². The summed E-state index contributed by atoms with van der Waals surface area (Å²) in [7, 11) is 0. The van der Waals surface area contributed by atoms with Gasteiger partial charge in [0.2, 0.25) is 0 Å². The average molecular weight is 414 g/mol. The number of hydrogen-bond acceptors (Lipinski definition) is 0. The first kappa shape index (κ1) is 6.11. The van der Waals surface area contributed by atoms with Crippen LogP contribution < -0.4 is 0 Å². The smallest absolute Gasteiger partial charge is 0.0682 e. The van der Waals surface area contributed by atoms with Gasteiger partial charge in [0.1, 0.15) is 0 Å². The maximum atomic E-state index is 8.78. The van der Waals surface area contributed by atoms with E-state index >= 15 is 0 Å². The number of hydrogen-bond donors (Lipinski definition) is 0. The van der Waals surface area contributed by atoms with Gasteiger partial charge in [-0.15, -0.1) is 0 Å². The standard InChI is InChI=1S/C24H16BrN/c25-21-14-8-13-18(17-9-2-1-3-10-17)24(21)26-22-15-6-4-11-19(22)20-12-5-7-16-23(20)26/h1-16H/i1D,2D,3D,4D,5D,6D,7D,8D,9D,10D,11D,12D,13D,14D,15D,16D. The first-order valence-electron chi connectivity index (χ1n) is 15.4. The van der Waals surface area contributed by atoms with E-state index in [-0.39, 0.29) is 32.0 Å². The van der Waals surface area contributed by atoms with Gasteiger partial charge in [-0.3, -0.25) is 0 Å². The summed E-state index contributed by atoms with van der Waals surface area (Å²) in [5, 5.41) is -0.593. The summed E-state index contributed by atoms with van der Waals surface area (Å²) in [6, 6.07) is -11.3. The quantitative estimate of drug-likeness (QED) is 0.288. The van der Waals surface area contributed by atoms with E-state index in [1.54, 1.807) is 0 Å². The number of halogens is 1. The molecule has 0 saturated heterocycles. The van der Waals surface area contributed by atoms with Crippen LogP contribution >= 0.6 is 15.9 Å². The molecule has 0 N–H and O–H groups in total. The lowest BCUT2D eigenvalue weighted by Gasteiger charge is -2.16. The first-order valence-corrected chi connectivity index (χ1v) is 8.15. The van der Waals surface area contributed by atoms with Crippen LogP contribution in [0.3, 0.4) is 0 Å². The molecular formula is C24H16BrN. The van der Waals surface area contributed by atoms with Crippen molar-refractivity contribution in [2.75, 3.05) is 0 Å². The lowest BCUT2D eigenvalue weighted by Crippen LogP contribution is -1.98. The van der Waals surface area contributed by atoms with E-state index in [0.717, 1.165) is 4.57 Å². The fourth-order valence-corrected chi connectivity index (χ4v) is 3.26. The fourth-order valence-electron chi connectivity index (χ4n) is 2.79. The molecule has 5 aromatic rings. The number of para-hydroxylation sites is 3. The summed E-state index contributed by atoms with van der Waals surface area (Å²) in [6.45, 7) is 0. The molecule has 2 heteroatoms. The molecule has 0 amide bonds. The second-order valence-corrected chi connectivity index (χ2v) is 5.99. The Morgan fingerprint density at radius 3 is 1.85 bits per heavy atom. The molecule has 0 atom stereocenters. The van der Waals surface area contributed by atoms with E-state index in [9.17, 15) is 0 Å². The van der Waals surface area contributed by atoms with Crippen LogP contribution in [0.1, 0.15) is 21.9 Å². The third-order valence-corrected chi connectivity index (χ3v) is 4.38. The van der Waals surface area contributed by atoms with Crippen molar-refractivity contribution in [3.63, 3.8) is 0 Å². The molecule has 26 heavy (non-hydrogen) atoms. The van der Waals surface area contributed by atoms with Gasteiger partial charge in [-0.05, 0) is 39.6 Å². The lowest BCUT2D eigenvalue weighted by molar-refractivity contribution is 1.17. The van der Waals surface area contributed by atoms with Crippen LogP contribution in [-0.2, 0) is 0 Å². The van der Waals surface area contributed by atoms with Crippen molar-refractivity contribution < 1.29 is 21.9 Å². The zero-order chi connectivity index (χ0) is 31.4. The second-order valence-electron chi connectivity index (χ2n) is 5.20. The minimum atomic E-state index is -0.764. The van der Waals surface area contributed by atoms with E-state index < -0.39 is 108 Å². The Morgan fingerprint density at radius 2 is 1.19 bits per heavy atom. The molecule has 4 aromatic carbocycles. The topological polar surface area (TPSA) is 4.93 Å². The molecule has 0 aliphatic rings. The van der Waals surface area contributed by atoms with E-state index in [1.807, 2.05) is 0 Å². The summed E-state index contributed by atoms with van der Waals surface area (Å²) >= 11 is 3.21. The van der Waals surface area contributed by atoms with Gasteiger partial charge in [0.05, 0.1) is 38.7 Å². The van der Waals surface area contributed by atoms with Crippen molar-refractivity contribution >= 4 is 37.7 Å². The number of aromatic nitrogens is 1. The van der Waals surface area contributed by atoms with Crippen LogP contribution in [0.4, 0.5) is 0 Å². The van der Waals surface area contributed by atoms with Crippen molar-refractivity contribution in [3.05, 3.63) is 101 Å². The van der Waals surface area contributed by atoms with Gasteiger partial charge in [-0.2, -0.15) is 0 Å². The largest absolute Gasteiger partial charge is 0.307 e. The predicted octanol–water partition coefficient (Wildman–Crippen LogP) is 7.21. The number of fused-ring (bicyclic) bond motifs is 3. The van der Waals surface area contributed by atoms with Crippen LogP contribution in [-0.4, -0.2) is 4.57 Å². The molecule has 0 fully saturated rings. The van der Waals surface area contributed by atoms with Crippen LogP contribution in [0.2, 0.25) is 0 Å². The Balaban J connectivity index is 2.24. The molecule has 1 nitrogen and oxygen atoms in total. The Bertz CT molecular complexity index is 1960. The lowest BCUT2D eigenvalue weighted by atomic mass is 10.0. The molecule has 1 heterocycles. The minimum absolute atomic E-state index is 0.288. The molecular weight excluding hydrogens is 382 g/mol. The Hall–Kier alpha value is -2.84. The Labute approximate surface area is 183 Å². The van der Waals surface area contributed by atoms with Crippen molar-refractivity contribution in [2.45, 2.75) is 0 Å². The van der Waals surface area contributed by atoms with E-state index in [2.05, 4.69) is 15.9 Å². The van der Waals surface area contributed by atoms with Gasteiger partial charge in [-0.1, -0.05) is 78.6 Å². The molecule has 5 rings (SSSR count). The van der Waals surface area contributed by atoms with E-state index in [4.69, 9.17) is 21.9 Å². The highest BCUT2D eigenvalue weighted by atomic mass is 79.9. The van der Waals surface area contributed by atoms with Gasteiger partial charge in [0, 0.05) is 20.8 Å². The van der Waals surface area contributed by atoms with Crippen molar-refractivity contribution in [2.24, 2.45) is 0 Å². The highest BCUT2D eigenvalue weighted by Gasteiger charge is 2.17. The normalized spacial score (nSPS) is 19.9. The average Bonchev–Trinajstić information content (AvgIpc) is 3.32. The summed E-state index contributed by atoms with van der Waals surface area (Å²) < 4.78 is 136. The zero-order valence-electron chi connectivity index (χ0n) is 28.8. The summed E-state index contributed by atoms with van der Waals surface area (Å²) in [5.74, 6) is 0. The SMILES string of the molecule is [2H]c1c([2H])c([2H])c(-c2c([2H])c([2H])c([2H])c(Br)c2-n2c3c([2H])c([2H])c([2H])c([2H])c3c3c([2H])c([2H])c([2H])c([2H])c32)c([2H])c1[2H]. The summed E-state index contributed by atoms with van der Waals surface area (Å²) in [6.07, 6.45) is 0. The van der Waals surface area contributed by atoms with Crippen LogP contribution in [0.15, 0.2) is 101 Å². The van der Waals surface area contributed by atoms with Crippen LogP contribution in [0.5, 0.6) is 0 Å². The van der Waals surface area contributed by atoms with Gasteiger partial charge >= 0.3 is 0 Å². The highest BCUT2D eigenvalue weighted by Crippen LogP contribution is 2.39. The third kappa shape index (κ3) is 2.30. The van der Waals surface area contributed by atoms with Gasteiger partial charge in [-0.25, -0.2) is 0 Å². The molecule has 0 radical (unpaired) electrons. The van der Waals surface area contributed by atoms with Crippen LogP contribution in [0.25, 0.3) is 38.6 Å². The summed E-state index contributed by atoms with van der Waals surface area (Å²) in [4.78, 5) is 0. The summed E-state index contributed by atoms with van der Waals surface area (Å²) in [5.41, 5.74) is -2.15. The number of nitrogens with zero attached hydrogens (tertiary/aromatic N) is 1. The van der Waals surface area contributed by atoms with Gasteiger partial charge < -0.3 is 4.57 Å². The monoisotopic (exact) mass is 413 g/mol.